The summed E-state index contributed by atoms with van der Waals surface area (Å²) >= 11 is 0. The standard InChI is InChI=1S/C21H29N3O3/c1-15-3-2-4-16(13-15)23-9-11-24(12-10-23)20(26)18-14-21(7-8-21)6-5-17(18)19(25)22-27/h2-4,13,17-18,27H,5-12,14H2,1H3,(H,22,25). The number of hydrogen-bond donors (Lipinski definition) is 2. The molecule has 2 amide bonds. The monoisotopic (exact) mass is 371 g/mol. The molecule has 2 unspecified atom stereocenters. The van der Waals surface area contributed by atoms with Crippen LogP contribution in [0, 0.1) is 24.2 Å². The number of hydroxylamine groups is 1. The minimum absolute atomic E-state index is 0.0958. The van der Waals surface area contributed by atoms with Gasteiger partial charge in [0, 0.05) is 31.9 Å². The minimum atomic E-state index is -0.401. The molecule has 27 heavy (non-hydrogen) atoms. The largest absolute Gasteiger partial charge is 0.368 e. The molecule has 4 rings (SSSR count). The minimum Gasteiger partial charge on any atom is -0.368 e. The first-order chi connectivity index (χ1) is 13.0. The average molecular weight is 371 g/mol. The predicted molar refractivity (Wildman–Crippen MR) is 102 cm³/mol. The van der Waals surface area contributed by atoms with Crippen LogP contribution in [0.25, 0.3) is 0 Å². The summed E-state index contributed by atoms with van der Waals surface area (Å²) in [6.07, 6.45) is 4.83. The first-order valence-corrected chi connectivity index (χ1v) is 10.1. The van der Waals surface area contributed by atoms with Crippen molar-refractivity contribution >= 4 is 17.5 Å². The molecule has 0 aromatic heterocycles. The Morgan fingerprint density at radius 1 is 1.11 bits per heavy atom. The maximum atomic E-state index is 13.2. The fourth-order valence-electron chi connectivity index (χ4n) is 4.90. The molecule has 1 aromatic rings. The number of carbonyl (C=O) groups excluding carboxylic acids is 2. The lowest BCUT2D eigenvalue weighted by Crippen LogP contribution is -2.53. The van der Waals surface area contributed by atoms with Gasteiger partial charge in [-0.25, -0.2) is 5.48 Å². The van der Waals surface area contributed by atoms with Gasteiger partial charge in [-0.3, -0.25) is 14.8 Å². The van der Waals surface area contributed by atoms with Crippen molar-refractivity contribution in [2.45, 2.75) is 39.0 Å². The number of carbonyl (C=O) groups is 2. The van der Waals surface area contributed by atoms with Crippen LogP contribution in [0.4, 0.5) is 5.69 Å². The molecule has 1 aromatic carbocycles. The van der Waals surface area contributed by atoms with Gasteiger partial charge >= 0.3 is 0 Å². The van der Waals surface area contributed by atoms with E-state index in [1.54, 1.807) is 5.48 Å². The topological polar surface area (TPSA) is 72.9 Å². The van der Waals surface area contributed by atoms with Crippen LogP contribution in [0.3, 0.4) is 0 Å². The van der Waals surface area contributed by atoms with Gasteiger partial charge in [0.05, 0.1) is 11.8 Å². The maximum absolute atomic E-state index is 13.2. The van der Waals surface area contributed by atoms with Crippen LogP contribution < -0.4 is 10.4 Å². The van der Waals surface area contributed by atoms with Gasteiger partial charge < -0.3 is 9.80 Å². The molecule has 3 fully saturated rings. The SMILES string of the molecule is Cc1cccc(N2CCN(C(=O)C3CC4(CCC3C(=O)NO)CC4)CC2)c1. The Bertz CT molecular complexity index is 723. The Morgan fingerprint density at radius 3 is 2.48 bits per heavy atom. The summed E-state index contributed by atoms with van der Waals surface area (Å²) in [5.41, 5.74) is 4.51. The molecule has 6 heteroatoms. The molecule has 146 valence electrons. The normalized spacial score (nSPS) is 26.7. The Kier molecular flexibility index (Phi) is 4.84. The molecule has 2 atom stereocenters. The maximum Gasteiger partial charge on any atom is 0.247 e. The van der Waals surface area contributed by atoms with Crippen LogP contribution in [0.5, 0.6) is 0 Å². The van der Waals surface area contributed by atoms with Gasteiger partial charge in [0.1, 0.15) is 0 Å². The van der Waals surface area contributed by atoms with Gasteiger partial charge in [-0.1, -0.05) is 12.1 Å². The third-order valence-electron chi connectivity index (χ3n) is 6.80. The number of rotatable bonds is 3. The van der Waals surface area contributed by atoms with Crippen LogP contribution in [0.2, 0.25) is 0 Å². The van der Waals surface area contributed by atoms with Gasteiger partial charge in [-0.15, -0.1) is 0 Å². The van der Waals surface area contributed by atoms with Crippen molar-refractivity contribution in [2.75, 3.05) is 31.1 Å². The van der Waals surface area contributed by atoms with Crippen LogP contribution in [0.15, 0.2) is 24.3 Å². The molecule has 2 N–H and O–H groups in total. The number of amides is 2. The lowest BCUT2D eigenvalue weighted by atomic mass is 9.71. The quantitative estimate of drug-likeness (QED) is 0.632. The molecule has 2 saturated carbocycles. The van der Waals surface area contributed by atoms with Crippen LogP contribution >= 0.6 is 0 Å². The fourth-order valence-corrected chi connectivity index (χ4v) is 4.90. The van der Waals surface area contributed by atoms with Crippen molar-refractivity contribution in [3.63, 3.8) is 0 Å². The van der Waals surface area contributed by atoms with Crippen molar-refractivity contribution in [2.24, 2.45) is 17.3 Å². The Morgan fingerprint density at radius 2 is 1.85 bits per heavy atom. The fraction of sp³-hybridized carbons (Fsp3) is 0.619. The van der Waals surface area contributed by atoms with Gasteiger partial charge in [0.2, 0.25) is 11.8 Å². The van der Waals surface area contributed by atoms with E-state index in [0.29, 0.717) is 19.5 Å². The second kappa shape index (κ2) is 7.15. The van der Waals surface area contributed by atoms with E-state index in [9.17, 15) is 9.59 Å². The lowest BCUT2D eigenvalue weighted by Gasteiger charge is -2.41. The molecule has 0 radical (unpaired) electrons. The van der Waals surface area contributed by atoms with Gasteiger partial charge in [0.25, 0.3) is 0 Å². The lowest BCUT2D eigenvalue weighted by molar-refractivity contribution is -0.148. The third kappa shape index (κ3) is 3.68. The summed E-state index contributed by atoms with van der Waals surface area (Å²) in [6.45, 7) is 5.08. The number of piperazine rings is 1. The Labute approximate surface area is 160 Å². The Balaban J connectivity index is 1.42. The molecule has 0 bridgehead atoms. The molecule has 3 aliphatic rings. The summed E-state index contributed by atoms with van der Waals surface area (Å²) < 4.78 is 0. The Hall–Kier alpha value is -2.08. The number of benzene rings is 1. The van der Waals surface area contributed by atoms with Gasteiger partial charge in [-0.05, 0) is 62.1 Å². The van der Waals surface area contributed by atoms with E-state index in [4.69, 9.17) is 5.21 Å². The van der Waals surface area contributed by atoms with Crippen molar-refractivity contribution in [3.8, 4) is 0 Å². The molecule has 1 spiro atoms. The van der Waals surface area contributed by atoms with E-state index in [1.165, 1.54) is 24.1 Å². The predicted octanol–water partition coefficient (Wildman–Crippen LogP) is 2.35. The number of anilines is 1. The highest BCUT2D eigenvalue weighted by Gasteiger charge is 2.52. The van der Waals surface area contributed by atoms with E-state index < -0.39 is 11.8 Å². The molecular weight excluding hydrogens is 342 g/mol. The van der Waals surface area contributed by atoms with Gasteiger partial charge in [0.15, 0.2) is 0 Å². The highest BCUT2D eigenvalue weighted by atomic mass is 16.5. The zero-order valence-electron chi connectivity index (χ0n) is 16.0. The smallest absolute Gasteiger partial charge is 0.247 e. The highest BCUT2D eigenvalue weighted by molar-refractivity contribution is 5.87. The summed E-state index contributed by atoms with van der Waals surface area (Å²) in [6, 6.07) is 8.45. The van der Waals surface area contributed by atoms with Crippen LogP contribution in [-0.2, 0) is 9.59 Å². The van der Waals surface area contributed by atoms with Crippen LogP contribution in [-0.4, -0.2) is 48.1 Å². The van der Waals surface area contributed by atoms with Crippen molar-refractivity contribution in [1.82, 2.24) is 10.4 Å². The first-order valence-electron chi connectivity index (χ1n) is 10.1. The molecule has 1 heterocycles. The van der Waals surface area contributed by atoms with E-state index in [-0.39, 0.29) is 17.2 Å². The summed E-state index contributed by atoms with van der Waals surface area (Å²) in [7, 11) is 0. The number of nitrogens with zero attached hydrogens (tertiary/aromatic N) is 2. The van der Waals surface area contributed by atoms with Crippen molar-refractivity contribution in [1.29, 1.82) is 0 Å². The molecular formula is C21H29N3O3. The molecule has 1 saturated heterocycles. The number of hydrogen-bond acceptors (Lipinski definition) is 4. The second-order valence-electron chi connectivity index (χ2n) is 8.58. The third-order valence-corrected chi connectivity index (χ3v) is 6.80. The van der Waals surface area contributed by atoms with E-state index in [2.05, 4.69) is 36.1 Å². The zero-order valence-corrected chi connectivity index (χ0v) is 16.0. The average Bonchev–Trinajstić information content (AvgIpc) is 3.45. The van der Waals surface area contributed by atoms with Crippen LogP contribution in [0.1, 0.15) is 37.7 Å². The summed E-state index contributed by atoms with van der Waals surface area (Å²) in [5, 5.41) is 9.09. The number of nitrogens with one attached hydrogen (secondary N) is 1. The zero-order chi connectivity index (χ0) is 19.0. The summed E-state index contributed by atoms with van der Waals surface area (Å²) in [4.78, 5) is 29.6. The van der Waals surface area contributed by atoms with Gasteiger partial charge in [-0.2, -0.15) is 0 Å². The highest BCUT2D eigenvalue weighted by Crippen LogP contribution is 2.59. The van der Waals surface area contributed by atoms with Crippen molar-refractivity contribution < 1.29 is 14.8 Å². The summed E-state index contributed by atoms with van der Waals surface area (Å²) in [5.74, 6) is -0.997. The second-order valence-corrected chi connectivity index (χ2v) is 8.58. The first kappa shape index (κ1) is 18.3. The van der Waals surface area contributed by atoms with E-state index in [1.807, 2.05) is 4.90 Å². The van der Waals surface area contributed by atoms with E-state index in [0.717, 1.165) is 25.9 Å². The van der Waals surface area contributed by atoms with E-state index >= 15 is 0 Å². The molecule has 6 nitrogen and oxygen atoms in total. The molecule has 1 aliphatic heterocycles. The van der Waals surface area contributed by atoms with Crippen molar-refractivity contribution in [3.05, 3.63) is 29.8 Å². The molecule has 2 aliphatic carbocycles. The number of aryl methyl sites for hydroxylation is 1.